The van der Waals surface area contributed by atoms with Crippen LogP contribution >= 0.6 is 0 Å². The lowest BCUT2D eigenvalue weighted by molar-refractivity contribution is -0.154. The van der Waals surface area contributed by atoms with Crippen molar-refractivity contribution in [1.29, 1.82) is 0 Å². The number of morpholine rings is 1. The van der Waals surface area contributed by atoms with Crippen molar-refractivity contribution in [2.45, 2.75) is 38.3 Å². The average molecular weight is 296 g/mol. The summed E-state index contributed by atoms with van der Waals surface area (Å²) in [7, 11) is 1.33. The van der Waals surface area contributed by atoms with Crippen LogP contribution in [0.3, 0.4) is 0 Å². The summed E-state index contributed by atoms with van der Waals surface area (Å²) in [5, 5.41) is 2.89. The predicted octanol–water partition coefficient (Wildman–Crippen LogP) is 0.168. The number of amides is 1. The zero-order chi connectivity index (χ0) is 15.9. The fraction of sp³-hybridized carbons (Fsp3) is 0.733. The van der Waals surface area contributed by atoms with Gasteiger partial charge < -0.3 is 14.8 Å². The van der Waals surface area contributed by atoms with Gasteiger partial charge in [0.1, 0.15) is 11.6 Å². The number of nitrogens with one attached hydrogen (secondary N) is 1. The minimum atomic E-state index is -0.621. The minimum Gasteiger partial charge on any atom is -0.468 e. The lowest BCUT2D eigenvalue weighted by Gasteiger charge is -2.34. The first-order valence-electron chi connectivity index (χ1n) is 7.20. The molecule has 0 bridgehead atoms. The number of ether oxygens (including phenoxy) is 2. The van der Waals surface area contributed by atoms with Crippen molar-refractivity contribution in [3.63, 3.8) is 0 Å². The number of esters is 1. The Labute approximate surface area is 126 Å². The third-order valence-electron chi connectivity index (χ3n) is 3.92. The van der Waals surface area contributed by atoms with Crippen molar-refractivity contribution in [3.05, 3.63) is 0 Å². The van der Waals surface area contributed by atoms with Crippen LogP contribution in [0.15, 0.2) is 0 Å². The number of nitrogens with zero attached hydrogens (tertiary/aromatic N) is 1. The Bertz CT molecular complexity index is 412. The van der Waals surface area contributed by atoms with E-state index in [1.54, 1.807) is 4.90 Å². The highest BCUT2D eigenvalue weighted by Crippen LogP contribution is 2.14. The number of rotatable bonds is 6. The van der Waals surface area contributed by atoms with Crippen LogP contribution in [0.4, 0.5) is 0 Å². The lowest BCUT2D eigenvalue weighted by atomic mass is 9.94. The van der Waals surface area contributed by atoms with Crippen molar-refractivity contribution in [1.82, 2.24) is 10.2 Å². The maximum absolute atomic E-state index is 12.2. The summed E-state index contributed by atoms with van der Waals surface area (Å²) in [5.74, 6) is 2.08. The number of carbonyl (C=O) groups is 2. The summed E-state index contributed by atoms with van der Waals surface area (Å²) >= 11 is 0. The van der Waals surface area contributed by atoms with Crippen molar-refractivity contribution in [3.8, 4) is 12.3 Å². The zero-order valence-electron chi connectivity index (χ0n) is 13.0. The Hall–Kier alpha value is -1.58. The molecule has 0 aliphatic carbocycles. The van der Waals surface area contributed by atoms with Gasteiger partial charge in [-0.15, -0.1) is 6.42 Å². The van der Waals surface area contributed by atoms with E-state index in [1.165, 1.54) is 7.11 Å². The summed E-state index contributed by atoms with van der Waals surface area (Å²) < 4.78 is 10.0. The molecule has 0 aromatic rings. The summed E-state index contributed by atoms with van der Waals surface area (Å²) in [6.45, 7) is 5.22. The van der Waals surface area contributed by atoms with Gasteiger partial charge in [-0.05, 0) is 12.8 Å². The molecule has 21 heavy (non-hydrogen) atoms. The van der Waals surface area contributed by atoms with Crippen LogP contribution in [0, 0.1) is 12.3 Å². The van der Waals surface area contributed by atoms with Crippen molar-refractivity contribution in [2.75, 3.05) is 33.4 Å². The number of methoxy groups -OCH3 is 1. The SMILES string of the molecule is C#CC(CC)(CC)NC(=O)CN1CCOCC1C(=O)OC. The molecule has 1 aliphatic rings. The summed E-state index contributed by atoms with van der Waals surface area (Å²) in [5.41, 5.74) is -0.621. The zero-order valence-corrected chi connectivity index (χ0v) is 13.0. The molecule has 6 heteroatoms. The molecule has 1 N–H and O–H groups in total. The Kier molecular flexibility index (Phi) is 6.66. The standard InChI is InChI=1S/C15H24N2O4/c1-5-15(6-2,7-3)16-13(18)10-17-8-9-21-11-12(17)14(19)20-4/h1,12H,6-11H2,2-4H3,(H,16,18). The number of hydrogen-bond acceptors (Lipinski definition) is 5. The van der Waals surface area contributed by atoms with Gasteiger partial charge in [-0.25, -0.2) is 0 Å². The Morgan fingerprint density at radius 3 is 2.67 bits per heavy atom. The average Bonchev–Trinajstić information content (AvgIpc) is 2.52. The van der Waals surface area contributed by atoms with Gasteiger partial charge in [-0.1, -0.05) is 19.8 Å². The van der Waals surface area contributed by atoms with Crippen molar-refractivity contribution >= 4 is 11.9 Å². The molecule has 1 atom stereocenters. The molecule has 6 nitrogen and oxygen atoms in total. The third kappa shape index (κ3) is 4.45. The highest BCUT2D eigenvalue weighted by Gasteiger charge is 2.33. The Morgan fingerprint density at radius 2 is 2.14 bits per heavy atom. The monoisotopic (exact) mass is 296 g/mol. The highest BCUT2D eigenvalue weighted by molar-refractivity contribution is 5.81. The minimum absolute atomic E-state index is 0.104. The van der Waals surface area contributed by atoms with Crippen LogP contribution in [0.25, 0.3) is 0 Å². The lowest BCUT2D eigenvalue weighted by Crippen LogP contribution is -2.56. The molecule has 1 amide bonds. The summed E-state index contributed by atoms with van der Waals surface area (Å²) in [6, 6.07) is -0.544. The van der Waals surface area contributed by atoms with Gasteiger partial charge in [0.05, 0.1) is 26.9 Å². The van der Waals surface area contributed by atoms with Gasteiger partial charge >= 0.3 is 5.97 Å². The molecule has 0 radical (unpaired) electrons. The molecule has 0 aromatic heterocycles. The Balaban J connectivity index is 2.68. The van der Waals surface area contributed by atoms with E-state index in [1.807, 2.05) is 13.8 Å². The van der Waals surface area contributed by atoms with Gasteiger partial charge in [0.25, 0.3) is 0 Å². The predicted molar refractivity (Wildman–Crippen MR) is 78.5 cm³/mol. The molecular weight excluding hydrogens is 272 g/mol. The second-order valence-electron chi connectivity index (χ2n) is 5.07. The van der Waals surface area contributed by atoms with Gasteiger partial charge in [-0.3, -0.25) is 14.5 Å². The maximum atomic E-state index is 12.2. The van der Waals surface area contributed by atoms with Crippen molar-refractivity contribution < 1.29 is 19.1 Å². The van der Waals surface area contributed by atoms with E-state index in [2.05, 4.69) is 11.2 Å². The van der Waals surface area contributed by atoms with E-state index in [9.17, 15) is 9.59 Å². The second kappa shape index (κ2) is 8.01. The Morgan fingerprint density at radius 1 is 1.48 bits per heavy atom. The first-order chi connectivity index (χ1) is 10.0. The molecule has 0 aromatic carbocycles. The van der Waals surface area contributed by atoms with E-state index in [0.717, 1.165) is 0 Å². The van der Waals surface area contributed by atoms with E-state index < -0.39 is 17.6 Å². The second-order valence-corrected chi connectivity index (χ2v) is 5.07. The number of terminal acetylenes is 1. The summed E-state index contributed by atoms with van der Waals surface area (Å²) in [4.78, 5) is 25.7. The molecular formula is C15H24N2O4. The van der Waals surface area contributed by atoms with Gasteiger partial charge in [0, 0.05) is 6.54 Å². The highest BCUT2D eigenvalue weighted by atomic mass is 16.5. The molecule has 1 saturated heterocycles. The smallest absolute Gasteiger partial charge is 0.325 e. The third-order valence-corrected chi connectivity index (χ3v) is 3.92. The van der Waals surface area contributed by atoms with Crippen LogP contribution in [0.2, 0.25) is 0 Å². The first kappa shape index (κ1) is 17.5. The molecule has 1 unspecified atom stereocenters. The van der Waals surface area contributed by atoms with Gasteiger partial charge in [0.15, 0.2) is 0 Å². The normalized spacial score (nSPS) is 19.6. The molecule has 1 fully saturated rings. The fourth-order valence-electron chi connectivity index (χ4n) is 2.34. The van der Waals surface area contributed by atoms with Crippen LogP contribution in [0.5, 0.6) is 0 Å². The van der Waals surface area contributed by atoms with E-state index >= 15 is 0 Å². The molecule has 1 rings (SSSR count). The largest absolute Gasteiger partial charge is 0.468 e. The quantitative estimate of drug-likeness (QED) is 0.559. The first-order valence-corrected chi connectivity index (χ1v) is 7.20. The summed E-state index contributed by atoms with van der Waals surface area (Å²) in [6.07, 6.45) is 6.86. The molecule has 1 heterocycles. The van der Waals surface area contributed by atoms with Crippen molar-refractivity contribution in [2.24, 2.45) is 0 Å². The van der Waals surface area contributed by atoms with E-state index in [0.29, 0.717) is 26.0 Å². The van der Waals surface area contributed by atoms with E-state index in [-0.39, 0.29) is 19.1 Å². The van der Waals surface area contributed by atoms with Crippen LogP contribution < -0.4 is 5.32 Å². The number of carbonyl (C=O) groups excluding carboxylic acids is 2. The van der Waals surface area contributed by atoms with Crippen LogP contribution in [0.1, 0.15) is 26.7 Å². The van der Waals surface area contributed by atoms with Crippen LogP contribution in [-0.4, -0.2) is 61.8 Å². The molecule has 0 spiro atoms. The topological polar surface area (TPSA) is 67.9 Å². The van der Waals surface area contributed by atoms with Crippen LogP contribution in [-0.2, 0) is 19.1 Å². The number of hydrogen-bond donors (Lipinski definition) is 1. The molecule has 0 saturated carbocycles. The van der Waals surface area contributed by atoms with E-state index in [4.69, 9.17) is 15.9 Å². The van der Waals surface area contributed by atoms with Gasteiger partial charge in [-0.2, -0.15) is 0 Å². The molecule has 1 aliphatic heterocycles. The fourth-order valence-corrected chi connectivity index (χ4v) is 2.34. The maximum Gasteiger partial charge on any atom is 0.325 e. The molecule has 118 valence electrons. The van der Waals surface area contributed by atoms with Gasteiger partial charge in [0.2, 0.25) is 5.91 Å².